The SMILES string of the molecule is CC(C)(C)OC(=O)N1CCC[C@]2(C[C@H]2C(=O)O)C1. The second kappa shape index (κ2) is 4.14. The number of carbonyl (C=O) groups excluding carboxylic acids is 1. The third kappa shape index (κ3) is 2.60. The molecule has 2 rings (SSSR count). The third-order valence-electron chi connectivity index (χ3n) is 3.75. The quantitative estimate of drug-likeness (QED) is 0.779. The third-order valence-corrected chi connectivity index (χ3v) is 3.75. The first-order valence-electron chi connectivity index (χ1n) is 6.44. The standard InChI is InChI=1S/C13H21NO4/c1-12(2,3)18-11(17)14-6-4-5-13(8-14)7-9(13)10(15)16/h9H,4-8H2,1-3H3,(H,15,16)/t9-,13-/m0/s1. The molecule has 2 fully saturated rings. The zero-order valence-corrected chi connectivity index (χ0v) is 11.2. The number of aliphatic carboxylic acids is 1. The Morgan fingerprint density at radius 3 is 2.56 bits per heavy atom. The van der Waals surface area contributed by atoms with Crippen LogP contribution in [0.4, 0.5) is 4.79 Å². The summed E-state index contributed by atoms with van der Waals surface area (Å²) >= 11 is 0. The minimum atomic E-state index is -0.735. The molecule has 1 N–H and O–H groups in total. The van der Waals surface area contributed by atoms with E-state index in [9.17, 15) is 9.59 Å². The Bertz CT molecular complexity index is 374. The van der Waals surface area contributed by atoms with Gasteiger partial charge in [0.05, 0.1) is 5.92 Å². The van der Waals surface area contributed by atoms with Crippen molar-refractivity contribution in [1.82, 2.24) is 4.90 Å². The molecule has 18 heavy (non-hydrogen) atoms. The second-order valence-electron chi connectivity index (χ2n) is 6.46. The summed E-state index contributed by atoms with van der Waals surface area (Å²) in [6, 6.07) is 0. The van der Waals surface area contributed by atoms with Gasteiger partial charge in [-0.25, -0.2) is 4.79 Å². The van der Waals surface area contributed by atoms with Crippen molar-refractivity contribution >= 4 is 12.1 Å². The molecule has 1 amide bonds. The van der Waals surface area contributed by atoms with Crippen LogP contribution in [0.3, 0.4) is 0 Å². The normalized spacial score (nSPS) is 31.3. The topological polar surface area (TPSA) is 66.8 Å². The molecule has 0 aromatic rings. The first kappa shape index (κ1) is 13.2. The van der Waals surface area contributed by atoms with Gasteiger partial charge in [-0.2, -0.15) is 0 Å². The minimum absolute atomic E-state index is 0.180. The highest BCUT2D eigenvalue weighted by atomic mass is 16.6. The fourth-order valence-electron chi connectivity index (χ4n) is 2.79. The number of carbonyl (C=O) groups is 2. The molecule has 0 aromatic heterocycles. The molecule has 0 aromatic carbocycles. The molecule has 2 aliphatic rings. The smallest absolute Gasteiger partial charge is 0.410 e. The molecule has 1 saturated heterocycles. The van der Waals surface area contributed by atoms with Gasteiger partial charge in [0.2, 0.25) is 0 Å². The van der Waals surface area contributed by atoms with Gasteiger partial charge in [-0.05, 0) is 40.0 Å². The zero-order valence-electron chi connectivity index (χ0n) is 11.2. The number of rotatable bonds is 1. The zero-order chi connectivity index (χ0) is 13.6. The van der Waals surface area contributed by atoms with E-state index in [-0.39, 0.29) is 17.4 Å². The lowest BCUT2D eigenvalue weighted by atomic mass is 9.92. The Morgan fingerprint density at radius 1 is 1.39 bits per heavy atom. The molecular weight excluding hydrogens is 234 g/mol. The Labute approximate surface area is 107 Å². The fourth-order valence-corrected chi connectivity index (χ4v) is 2.79. The second-order valence-corrected chi connectivity index (χ2v) is 6.46. The maximum absolute atomic E-state index is 12.0. The highest BCUT2D eigenvalue weighted by Gasteiger charge is 2.60. The van der Waals surface area contributed by atoms with Crippen LogP contribution in [-0.2, 0) is 9.53 Å². The number of ether oxygens (including phenoxy) is 1. The molecule has 1 saturated carbocycles. The number of carboxylic acid groups (broad SMARTS) is 1. The molecule has 0 bridgehead atoms. The highest BCUT2D eigenvalue weighted by Crippen LogP contribution is 2.58. The minimum Gasteiger partial charge on any atom is -0.481 e. The average molecular weight is 255 g/mol. The van der Waals surface area contributed by atoms with E-state index in [1.807, 2.05) is 20.8 Å². The summed E-state index contributed by atoms with van der Waals surface area (Å²) in [5.74, 6) is -1.01. The van der Waals surface area contributed by atoms with E-state index < -0.39 is 11.6 Å². The molecule has 1 spiro atoms. The first-order chi connectivity index (χ1) is 8.23. The maximum Gasteiger partial charge on any atom is 0.410 e. The summed E-state index contributed by atoms with van der Waals surface area (Å²) in [6.45, 7) is 6.70. The maximum atomic E-state index is 12.0. The van der Waals surface area contributed by atoms with Crippen LogP contribution in [0.1, 0.15) is 40.0 Å². The van der Waals surface area contributed by atoms with Crippen molar-refractivity contribution in [3.05, 3.63) is 0 Å². The van der Waals surface area contributed by atoms with E-state index >= 15 is 0 Å². The summed E-state index contributed by atoms with van der Waals surface area (Å²) < 4.78 is 5.33. The van der Waals surface area contributed by atoms with E-state index in [2.05, 4.69) is 0 Å². The average Bonchev–Trinajstić information content (AvgIpc) is 2.90. The Hall–Kier alpha value is -1.26. The molecular formula is C13H21NO4. The van der Waals surface area contributed by atoms with Gasteiger partial charge in [0.25, 0.3) is 0 Å². The predicted octanol–water partition coefficient (Wildman–Crippen LogP) is 2.11. The van der Waals surface area contributed by atoms with Crippen LogP contribution in [0.25, 0.3) is 0 Å². The predicted molar refractivity (Wildman–Crippen MR) is 65.2 cm³/mol. The Morgan fingerprint density at radius 2 is 2.06 bits per heavy atom. The summed E-state index contributed by atoms with van der Waals surface area (Å²) in [7, 11) is 0. The van der Waals surface area contributed by atoms with Crippen molar-refractivity contribution in [2.24, 2.45) is 11.3 Å². The van der Waals surface area contributed by atoms with E-state index in [4.69, 9.17) is 9.84 Å². The first-order valence-corrected chi connectivity index (χ1v) is 6.44. The van der Waals surface area contributed by atoms with Gasteiger partial charge in [0, 0.05) is 18.5 Å². The highest BCUT2D eigenvalue weighted by molar-refractivity contribution is 5.75. The number of hydrogen-bond donors (Lipinski definition) is 1. The van der Waals surface area contributed by atoms with Crippen LogP contribution >= 0.6 is 0 Å². The molecule has 5 nitrogen and oxygen atoms in total. The largest absolute Gasteiger partial charge is 0.481 e. The number of likely N-dealkylation sites (tertiary alicyclic amines) is 1. The van der Waals surface area contributed by atoms with Gasteiger partial charge in [-0.1, -0.05) is 0 Å². The van der Waals surface area contributed by atoms with Crippen molar-refractivity contribution < 1.29 is 19.4 Å². The lowest BCUT2D eigenvalue weighted by Crippen LogP contribution is -2.44. The van der Waals surface area contributed by atoms with Crippen molar-refractivity contribution in [3.8, 4) is 0 Å². The molecule has 1 aliphatic carbocycles. The van der Waals surface area contributed by atoms with E-state index in [1.165, 1.54) is 0 Å². The van der Waals surface area contributed by atoms with Crippen LogP contribution in [0.2, 0.25) is 0 Å². The number of carboxylic acids is 1. The van der Waals surface area contributed by atoms with Gasteiger partial charge >= 0.3 is 12.1 Å². The van der Waals surface area contributed by atoms with E-state index in [1.54, 1.807) is 4.90 Å². The van der Waals surface area contributed by atoms with Gasteiger partial charge in [-0.15, -0.1) is 0 Å². The van der Waals surface area contributed by atoms with Gasteiger partial charge in [0.1, 0.15) is 5.60 Å². The van der Waals surface area contributed by atoms with Crippen LogP contribution in [0.15, 0.2) is 0 Å². The number of nitrogens with zero attached hydrogens (tertiary/aromatic N) is 1. The molecule has 1 heterocycles. The van der Waals surface area contributed by atoms with Gasteiger partial charge < -0.3 is 14.7 Å². The summed E-state index contributed by atoms with van der Waals surface area (Å²) in [4.78, 5) is 24.6. The fraction of sp³-hybridized carbons (Fsp3) is 0.846. The number of amides is 1. The molecule has 102 valence electrons. The van der Waals surface area contributed by atoms with Crippen molar-refractivity contribution in [2.75, 3.05) is 13.1 Å². The van der Waals surface area contributed by atoms with Crippen LogP contribution in [-0.4, -0.2) is 40.8 Å². The molecule has 2 atom stereocenters. The van der Waals surface area contributed by atoms with Crippen LogP contribution in [0.5, 0.6) is 0 Å². The van der Waals surface area contributed by atoms with Gasteiger partial charge in [0.15, 0.2) is 0 Å². The number of hydrogen-bond acceptors (Lipinski definition) is 3. The lowest BCUT2D eigenvalue weighted by Gasteiger charge is -2.34. The monoisotopic (exact) mass is 255 g/mol. The molecule has 0 unspecified atom stereocenters. The van der Waals surface area contributed by atoms with Crippen LogP contribution in [0, 0.1) is 11.3 Å². The summed E-state index contributed by atoms with van der Waals surface area (Å²) in [5.41, 5.74) is -0.682. The van der Waals surface area contributed by atoms with Crippen molar-refractivity contribution in [1.29, 1.82) is 0 Å². The van der Waals surface area contributed by atoms with Crippen molar-refractivity contribution in [2.45, 2.75) is 45.6 Å². The van der Waals surface area contributed by atoms with Gasteiger partial charge in [-0.3, -0.25) is 4.79 Å². The Kier molecular flexibility index (Phi) is 3.03. The van der Waals surface area contributed by atoms with E-state index in [0.29, 0.717) is 19.5 Å². The molecule has 0 radical (unpaired) electrons. The van der Waals surface area contributed by atoms with Crippen LogP contribution < -0.4 is 0 Å². The summed E-state index contributed by atoms with van der Waals surface area (Å²) in [5, 5.41) is 9.05. The molecule has 1 aliphatic heterocycles. The van der Waals surface area contributed by atoms with Crippen molar-refractivity contribution in [3.63, 3.8) is 0 Å². The Balaban J connectivity index is 1.96. The lowest BCUT2D eigenvalue weighted by molar-refractivity contribution is -0.139. The van der Waals surface area contributed by atoms with E-state index in [0.717, 1.165) is 12.8 Å². The summed E-state index contributed by atoms with van der Waals surface area (Å²) in [6.07, 6.45) is 2.14. The molecule has 5 heteroatoms. The number of piperidine rings is 1.